The highest BCUT2D eigenvalue weighted by molar-refractivity contribution is 6.06. The standard InChI is InChI=1S/C12H20N2O4/c1-7(8(15)18-11(2,3)4)6-12(5)9(16)13-10(17)14-12/h7H,6H2,1-5H3,(H2,13,14,16,17)/t7-,12+/m0/s1. The minimum Gasteiger partial charge on any atom is -0.460 e. The van der Waals surface area contributed by atoms with Crippen LogP contribution >= 0.6 is 0 Å². The van der Waals surface area contributed by atoms with Crippen LogP contribution in [0.1, 0.15) is 41.0 Å². The number of hydrogen-bond acceptors (Lipinski definition) is 4. The second-order valence-electron chi connectivity index (χ2n) is 5.88. The van der Waals surface area contributed by atoms with Gasteiger partial charge in [0.2, 0.25) is 0 Å². The lowest BCUT2D eigenvalue weighted by Gasteiger charge is -2.26. The van der Waals surface area contributed by atoms with Gasteiger partial charge in [-0.15, -0.1) is 0 Å². The van der Waals surface area contributed by atoms with Gasteiger partial charge in [0.1, 0.15) is 11.1 Å². The molecular formula is C12H20N2O4. The summed E-state index contributed by atoms with van der Waals surface area (Å²) in [7, 11) is 0. The van der Waals surface area contributed by atoms with Crippen molar-refractivity contribution in [3.63, 3.8) is 0 Å². The Morgan fingerprint density at radius 2 is 1.94 bits per heavy atom. The molecule has 102 valence electrons. The van der Waals surface area contributed by atoms with Crippen molar-refractivity contribution in [1.82, 2.24) is 10.6 Å². The van der Waals surface area contributed by atoms with Crippen LogP contribution in [0.25, 0.3) is 0 Å². The quantitative estimate of drug-likeness (QED) is 0.581. The highest BCUT2D eigenvalue weighted by Gasteiger charge is 2.44. The average molecular weight is 256 g/mol. The van der Waals surface area contributed by atoms with Gasteiger partial charge in [-0.05, 0) is 34.1 Å². The van der Waals surface area contributed by atoms with Gasteiger partial charge in [0, 0.05) is 0 Å². The van der Waals surface area contributed by atoms with Crippen molar-refractivity contribution in [2.24, 2.45) is 5.92 Å². The van der Waals surface area contributed by atoms with Crippen molar-refractivity contribution in [3.8, 4) is 0 Å². The van der Waals surface area contributed by atoms with Gasteiger partial charge >= 0.3 is 12.0 Å². The SMILES string of the molecule is C[C@@H](C[C@@]1(C)NC(=O)NC1=O)C(=O)OC(C)(C)C. The molecule has 1 rings (SSSR count). The number of imide groups is 1. The van der Waals surface area contributed by atoms with Crippen LogP contribution in [0.15, 0.2) is 0 Å². The van der Waals surface area contributed by atoms with Crippen LogP contribution in [-0.2, 0) is 14.3 Å². The lowest BCUT2D eigenvalue weighted by Crippen LogP contribution is -2.46. The fourth-order valence-electron chi connectivity index (χ4n) is 1.82. The van der Waals surface area contributed by atoms with Crippen LogP contribution in [-0.4, -0.2) is 29.0 Å². The lowest BCUT2D eigenvalue weighted by molar-refractivity contribution is -0.160. The number of rotatable bonds is 3. The number of hydrogen-bond donors (Lipinski definition) is 2. The van der Waals surface area contributed by atoms with Crippen LogP contribution in [0, 0.1) is 5.92 Å². The summed E-state index contributed by atoms with van der Waals surface area (Å²) in [4.78, 5) is 34.5. The van der Waals surface area contributed by atoms with Crippen molar-refractivity contribution in [2.45, 2.75) is 52.2 Å². The number of amides is 3. The molecule has 0 spiro atoms. The molecule has 0 radical (unpaired) electrons. The van der Waals surface area contributed by atoms with E-state index in [1.165, 1.54) is 0 Å². The van der Waals surface area contributed by atoms with E-state index in [0.29, 0.717) is 0 Å². The maximum Gasteiger partial charge on any atom is 0.322 e. The molecule has 2 atom stereocenters. The predicted molar refractivity (Wildman–Crippen MR) is 64.7 cm³/mol. The summed E-state index contributed by atoms with van der Waals surface area (Å²) in [5, 5.41) is 4.68. The Labute approximate surface area is 106 Å². The van der Waals surface area contributed by atoms with Gasteiger partial charge in [-0.25, -0.2) is 4.79 Å². The first-order valence-electron chi connectivity index (χ1n) is 5.90. The first-order valence-corrected chi connectivity index (χ1v) is 5.90. The van der Waals surface area contributed by atoms with Crippen molar-refractivity contribution in [3.05, 3.63) is 0 Å². The number of urea groups is 1. The Balaban J connectivity index is 2.65. The molecule has 0 saturated carbocycles. The molecule has 0 aliphatic carbocycles. The van der Waals surface area contributed by atoms with Crippen LogP contribution < -0.4 is 10.6 Å². The highest BCUT2D eigenvalue weighted by Crippen LogP contribution is 2.22. The fourth-order valence-corrected chi connectivity index (χ4v) is 1.82. The van der Waals surface area contributed by atoms with Gasteiger partial charge in [-0.2, -0.15) is 0 Å². The number of carbonyl (C=O) groups excluding carboxylic acids is 3. The van der Waals surface area contributed by atoms with Gasteiger partial charge in [-0.3, -0.25) is 14.9 Å². The summed E-state index contributed by atoms with van der Waals surface area (Å²) in [6.07, 6.45) is 0.208. The van der Waals surface area contributed by atoms with Crippen LogP contribution in [0.5, 0.6) is 0 Å². The molecule has 1 aliphatic rings. The average Bonchev–Trinajstić information content (AvgIpc) is 2.37. The summed E-state index contributed by atoms with van der Waals surface area (Å²) in [5.41, 5.74) is -1.61. The Hall–Kier alpha value is -1.59. The summed E-state index contributed by atoms with van der Waals surface area (Å²) in [6, 6.07) is -0.529. The van der Waals surface area contributed by atoms with E-state index >= 15 is 0 Å². The number of esters is 1. The number of ether oxygens (including phenoxy) is 1. The van der Waals surface area contributed by atoms with Crippen molar-refractivity contribution in [1.29, 1.82) is 0 Å². The minimum atomic E-state index is -1.05. The molecule has 1 saturated heterocycles. The number of carbonyl (C=O) groups is 3. The van der Waals surface area contributed by atoms with Crippen LogP contribution in [0.3, 0.4) is 0 Å². The van der Waals surface area contributed by atoms with Crippen LogP contribution in [0.2, 0.25) is 0 Å². The zero-order valence-corrected chi connectivity index (χ0v) is 11.4. The second kappa shape index (κ2) is 4.59. The first-order chi connectivity index (χ1) is 8.03. The van der Waals surface area contributed by atoms with Crippen molar-refractivity contribution >= 4 is 17.9 Å². The predicted octanol–water partition coefficient (Wildman–Crippen LogP) is 0.952. The molecule has 0 bridgehead atoms. The van der Waals surface area contributed by atoms with Gasteiger partial charge in [0.25, 0.3) is 5.91 Å². The van der Waals surface area contributed by atoms with Gasteiger partial charge in [0.05, 0.1) is 5.92 Å². The minimum absolute atomic E-state index is 0.208. The maximum atomic E-state index is 11.8. The zero-order valence-electron chi connectivity index (χ0n) is 11.4. The summed E-state index contributed by atoms with van der Waals surface area (Å²) >= 11 is 0. The molecule has 0 aromatic heterocycles. The van der Waals surface area contributed by atoms with E-state index in [1.54, 1.807) is 34.6 Å². The van der Waals surface area contributed by atoms with E-state index < -0.39 is 29.0 Å². The molecular weight excluding hydrogens is 236 g/mol. The molecule has 2 N–H and O–H groups in total. The Morgan fingerprint density at radius 3 is 2.33 bits per heavy atom. The molecule has 1 aliphatic heterocycles. The van der Waals surface area contributed by atoms with E-state index in [4.69, 9.17) is 4.74 Å². The smallest absolute Gasteiger partial charge is 0.322 e. The first kappa shape index (κ1) is 14.5. The largest absolute Gasteiger partial charge is 0.460 e. The third-order valence-electron chi connectivity index (χ3n) is 2.64. The molecule has 0 aromatic carbocycles. The van der Waals surface area contributed by atoms with Crippen molar-refractivity contribution in [2.75, 3.05) is 0 Å². The summed E-state index contributed by atoms with van der Waals surface area (Å²) in [5.74, 6) is -1.26. The van der Waals surface area contributed by atoms with Gasteiger partial charge in [0.15, 0.2) is 0 Å². The number of nitrogens with one attached hydrogen (secondary N) is 2. The fraction of sp³-hybridized carbons (Fsp3) is 0.750. The molecule has 6 nitrogen and oxygen atoms in total. The van der Waals surface area contributed by atoms with E-state index in [9.17, 15) is 14.4 Å². The normalized spacial score (nSPS) is 25.4. The molecule has 18 heavy (non-hydrogen) atoms. The van der Waals surface area contributed by atoms with Crippen molar-refractivity contribution < 1.29 is 19.1 Å². The Bertz CT molecular complexity index is 386. The third kappa shape index (κ3) is 3.45. The van der Waals surface area contributed by atoms with E-state index in [2.05, 4.69) is 10.6 Å². The molecule has 0 aromatic rings. The third-order valence-corrected chi connectivity index (χ3v) is 2.64. The Morgan fingerprint density at radius 1 is 1.39 bits per heavy atom. The molecule has 6 heteroatoms. The second-order valence-corrected chi connectivity index (χ2v) is 5.88. The van der Waals surface area contributed by atoms with Crippen LogP contribution in [0.4, 0.5) is 4.79 Å². The maximum absolute atomic E-state index is 11.8. The summed E-state index contributed by atoms with van der Waals surface area (Å²) < 4.78 is 5.23. The van der Waals surface area contributed by atoms with E-state index in [1.807, 2.05) is 0 Å². The molecule has 1 heterocycles. The summed E-state index contributed by atoms with van der Waals surface area (Å²) in [6.45, 7) is 8.61. The van der Waals surface area contributed by atoms with E-state index in [-0.39, 0.29) is 12.4 Å². The van der Waals surface area contributed by atoms with E-state index in [0.717, 1.165) is 0 Å². The highest BCUT2D eigenvalue weighted by atomic mass is 16.6. The van der Waals surface area contributed by atoms with Gasteiger partial charge < -0.3 is 10.1 Å². The lowest BCUT2D eigenvalue weighted by atomic mass is 9.90. The zero-order chi connectivity index (χ0) is 14.1. The Kier molecular flexibility index (Phi) is 3.69. The molecule has 0 unspecified atom stereocenters. The van der Waals surface area contributed by atoms with Gasteiger partial charge in [-0.1, -0.05) is 6.92 Å². The monoisotopic (exact) mass is 256 g/mol. The molecule has 1 fully saturated rings. The topological polar surface area (TPSA) is 84.5 Å². The molecule has 3 amide bonds.